The Hall–Kier alpha value is -2.57. The number of H-pyrrole nitrogens is 1. The molecule has 1 aromatic heterocycles. The van der Waals surface area contributed by atoms with E-state index in [0.29, 0.717) is 18.7 Å². The Bertz CT molecular complexity index is 535. The smallest absolute Gasteiger partial charge is 0.366 e. The highest BCUT2D eigenvalue weighted by molar-refractivity contribution is 5.55. The number of benzene rings is 1. The van der Waals surface area contributed by atoms with Crippen molar-refractivity contribution in [3.8, 4) is 5.75 Å². The number of anilines is 1. The fraction of sp³-hybridized carbons (Fsp3) is 0.182. The highest BCUT2D eigenvalue weighted by Crippen LogP contribution is 2.19. The molecule has 0 radical (unpaired) electrons. The molecule has 0 unspecified atom stereocenters. The van der Waals surface area contributed by atoms with Crippen LogP contribution in [0.1, 0.15) is 5.56 Å². The van der Waals surface area contributed by atoms with Gasteiger partial charge in [-0.15, -0.1) is 5.10 Å². The van der Waals surface area contributed by atoms with E-state index in [4.69, 9.17) is 5.11 Å². The number of phenols is 1. The Kier molecular flexibility index (Phi) is 3.42. The molecule has 0 atom stereocenters. The highest BCUT2D eigenvalue weighted by atomic mass is 16.6. The van der Waals surface area contributed by atoms with Gasteiger partial charge in [-0.3, -0.25) is 0 Å². The van der Waals surface area contributed by atoms with E-state index in [1.165, 1.54) is 6.20 Å². The van der Waals surface area contributed by atoms with Crippen LogP contribution in [0.2, 0.25) is 0 Å². The number of nitrogens with one attached hydrogen (secondary N) is 2. The van der Waals surface area contributed by atoms with Crippen LogP contribution in [-0.4, -0.2) is 26.8 Å². The van der Waals surface area contributed by atoms with Gasteiger partial charge in [-0.1, -0.05) is 17.2 Å². The third-order valence-electron chi connectivity index (χ3n) is 2.47. The minimum atomic E-state index is -0.518. The second-order valence-corrected chi connectivity index (χ2v) is 3.73. The molecule has 2 rings (SSSR count). The molecule has 94 valence electrons. The zero-order valence-electron chi connectivity index (χ0n) is 9.46. The Morgan fingerprint density at radius 1 is 1.39 bits per heavy atom. The molecule has 0 spiro atoms. The molecule has 1 heterocycles. The first kappa shape index (κ1) is 11.9. The molecule has 0 fully saturated rings. The van der Waals surface area contributed by atoms with Gasteiger partial charge in [0, 0.05) is 6.54 Å². The molecule has 2 aromatic rings. The Morgan fingerprint density at radius 2 is 2.11 bits per heavy atom. The van der Waals surface area contributed by atoms with E-state index in [-0.39, 0.29) is 11.6 Å². The molecular weight excluding hydrogens is 236 g/mol. The summed E-state index contributed by atoms with van der Waals surface area (Å²) in [6.07, 6.45) is 2.08. The first-order valence-corrected chi connectivity index (χ1v) is 5.36. The first-order valence-electron chi connectivity index (χ1n) is 5.36. The lowest BCUT2D eigenvalue weighted by atomic mass is 10.1. The van der Waals surface area contributed by atoms with Gasteiger partial charge in [-0.05, 0) is 29.0 Å². The molecule has 0 saturated carbocycles. The van der Waals surface area contributed by atoms with Crippen LogP contribution in [0.5, 0.6) is 5.75 Å². The number of rotatable bonds is 5. The standard InChI is InChI=1S/C11H12N4O3/c16-9-3-1-8(2-4-9)5-6-12-10-7-13-14-11(10)15(17)18/h1-4,7,12,16H,5-6H2,(H,13,14). The van der Waals surface area contributed by atoms with Crippen molar-refractivity contribution in [1.82, 2.24) is 10.2 Å². The third kappa shape index (κ3) is 2.76. The van der Waals surface area contributed by atoms with Crippen LogP contribution >= 0.6 is 0 Å². The summed E-state index contributed by atoms with van der Waals surface area (Å²) in [6.45, 7) is 0.547. The second kappa shape index (κ2) is 5.17. The molecule has 0 aliphatic rings. The molecule has 7 heteroatoms. The molecule has 0 aliphatic carbocycles. The maximum Gasteiger partial charge on any atom is 0.366 e. The summed E-state index contributed by atoms with van der Waals surface area (Å²) in [7, 11) is 0. The molecule has 0 aliphatic heterocycles. The second-order valence-electron chi connectivity index (χ2n) is 3.73. The molecule has 18 heavy (non-hydrogen) atoms. The fourth-order valence-corrected chi connectivity index (χ4v) is 1.55. The monoisotopic (exact) mass is 248 g/mol. The quantitative estimate of drug-likeness (QED) is 0.551. The van der Waals surface area contributed by atoms with Gasteiger partial charge in [-0.25, -0.2) is 0 Å². The van der Waals surface area contributed by atoms with Crippen LogP contribution in [-0.2, 0) is 6.42 Å². The van der Waals surface area contributed by atoms with Crippen LogP contribution in [0.4, 0.5) is 11.5 Å². The predicted octanol–water partition coefficient (Wildman–Crippen LogP) is 1.68. The summed E-state index contributed by atoms with van der Waals surface area (Å²) in [4.78, 5) is 10.1. The lowest BCUT2D eigenvalue weighted by Crippen LogP contribution is -2.05. The molecule has 0 bridgehead atoms. The first-order chi connectivity index (χ1) is 8.66. The lowest BCUT2D eigenvalue weighted by molar-refractivity contribution is -0.388. The minimum absolute atomic E-state index is 0.138. The SMILES string of the molecule is O=[N+]([O-])c1[nH]ncc1NCCc1ccc(O)cc1. The van der Waals surface area contributed by atoms with Crippen molar-refractivity contribution in [3.63, 3.8) is 0 Å². The molecule has 3 N–H and O–H groups in total. The molecule has 0 amide bonds. The van der Waals surface area contributed by atoms with Crippen molar-refractivity contribution in [3.05, 3.63) is 46.1 Å². The number of aromatic amines is 1. The van der Waals surface area contributed by atoms with Gasteiger partial charge in [0.25, 0.3) is 0 Å². The number of nitrogens with zero attached hydrogens (tertiary/aromatic N) is 2. The van der Waals surface area contributed by atoms with Gasteiger partial charge in [0.2, 0.25) is 0 Å². The number of aromatic nitrogens is 2. The van der Waals surface area contributed by atoms with Crippen molar-refractivity contribution in [2.45, 2.75) is 6.42 Å². The van der Waals surface area contributed by atoms with E-state index in [1.807, 2.05) is 0 Å². The molecule has 0 saturated heterocycles. The van der Waals surface area contributed by atoms with Gasteiger partial charge >= 0.3 is 5.82 Å². The van der Waals surface area contributed by atoms with E-state index in [2.05, 4.69) is 15.5 Å². The number of aromatic hydroxyl groups is 1. The summed E-state index contributed by atoms with van der Waals surface area (Å²) < 4.78 is 0. The number of hydrogen-bond acceptors (Lipinski definition) is 5. The zero-order chi connectivity index (χ0) is 13.0. The molecule has 1 aromatic carbocycles. The van der Waals surface area contributed by atoms with Gasteiger partial charge in [-0.2, -0.15) is 0 Å². The predicted molar refractivity (Wildman–Crippen MR) is 65.5 cm³/mol. The number of hydrogen-bond donors (Lipinski definition) is 3. The van der Waals surface area contributed by atoms with Crippen LogP contribution < -0.4 is 5.32 Å². The van der Waals surface area contributed by atoms with E-state index < -0.39 is 4.92 Å². The van der Waals surface area contributed by atoms with E-state index in [9.17, 15) is 10.1 Å². The van der Waals surface area contributed by atoms with Crippen molar-refractivity contribution >= 4 is 11.5 Å². The van der Waals surface area contributed by atoms with E-state index in [0.717, 1.165) is 5.56 Å². The van der Waals surface area contributed by atoms with Gasteiger partial charge < -0.3 is 20.5 Å². The van der Waals surface area contributed by atoms with Crippen LogP contribution in [0, 0.1) is 10.1 Å². The summed E-state index contributed by atoms with van der Waals surface area (Å²) in [5.74, 6) is 0.0814. The highest BCUT2D eigenvalue weighted by Gasteiger charge is 2.13. The van der Waals surface area contributed by atoms with Crippen molar-refractivity contribution in [2.24, 2.45) is 0 Å². The summed E-state index contributed by atoms with van der Waals surface area (Å²) in [5.41, 5.74) is 1.41. The Morgan fingerprint density at radius 3 is 2.78 bits per heavy atom. The average molecular weight is 248 g/mol. The minimum Gasteiger partial charge on any atom is -0.508 e. The Labute approximate surface area is 103 Å². The topological polar surface area (TPSA) is 104 Å². The largest absolute Gasteiger partial charge is 0.508 e. The van der Waals surface area contributed by atoms with Crippen molar-refractivity contribution < 1.29 is 10.0 Å². The zero-order valence-corrected chi connectivity index (χ0v) is 9.46. The van der Waals surface area contributed by atoms with Crippen LogP contribution in [0.15, 0.2) is 30.5 Å². The molecular formula is C11H12N4O3. The maximum absolute atomic E-state index is 10.6. The van der Waals surface area contributed by atoms with Gasteiger partial charge in [0.05, 0.1) is 0 Å². The summed E-state index contributed by atoms with van der Waals surface area (Å²) in [5, 5.41) is 28.6. The van der Waals surface area contributed by atoms with Crippen molar-refractivity contribution in [2.75, 3.05) is 11.9 Å². The fourth-order valence-electron chi connectivity index (χ4n) is 1.55. The average Bonchev–Trinajstić information content (AvgIpc) is 2.80. The van der Waals surface area contributed by atoms with Crippen molar-refractivity contribution in [1.29, 1.82) is 0 Å². The lowest BCUT2D eigenvalue weighted by Gasteiger charge is -2.04. The summed E-state index contributed by atoms with van der Waals surface area (Å²) in [6, 6.07) is 6.83. The van der Waals surface area contributed by atoms with E-state index >= 15 is 0 Å². The van der Waals surface area contributed by atoms with Crippen LogP contribution in [0.25, 0.3) is 0 Å². The third-order valence-corrected chi connectivity index (χ3v) is 2.47. The summed E-state index contributed by atoms with van der Waals surface area (Å²) >= 11 is 0. The number of nitro groups is 1. The van der Waals surface area contributed by atoms with Gasteiger partial charge in [0.15, 0.2) is 5.69 Å². The maximum atomic E-state index is 10.6. The Balaban J connectivity index is 1.90. The number of phenolic OH excluding ortho intramolecular Hbond substituents is 1. The van der Waals surface area contributed by atoms with Crippen LogP contribution in [0.3, 0.4) is 0 Å². The molecule has 7 nitrogen and oxygen atoms in total. The van der Waals surface area contributed by atoms with Gasteiger partial charge in [0.1, 0.15) is 11.9 Å². The van der Waals surface area contributed by atoms with E-state index in [1.54, 1.807) is 24.3 Å². The normalized spacial score (nSPS) is 10.2.